The maximum absolute atomic E-state index is 14.0. The molecule has 0 radical (unpaired) electrons. The number of piperidine rings is 1. The quantitative estimate of drug-likeness (QED) is 0.448. The van der Waals surface area contributed by atoms with Crippen LogP contribution in [-0.2, 0) is 19.9 Å². The van der Waals surface area contributed by atoms with Crippen molar-refractivity contribution in [2.75, 3.05) is 51.3 Å². The molecule has 10 nitrogen and oxygen atoms in total. The number of morpholine rings is 1. The minimum atomic E-state index is -3.09. The van der Waals surface area contributed by atoms with Gasteiger partial charge in [-0.2, -0.15) is 13.9 Å². The summed E-state index contributed by atoms with van der Waals surface area (Å²) in [6.07, 6.45) is 2.33. The van der Waals surface area contributed by atoms with Crippen molar-refractivity contribution in [3.05, 3.63) is 41.2 Å². The molecule has 3 heterocycles. The number of likely N-dealkylation sites (tertiary alicyclic amines) is 1. The first-order valence-electron chi connectivity index (χ1n) is 13.0. The second kappa shape index (κ2) is 12.6. The Balaban J connectivity index is 1.58. The zero-order chi connectivity index (χ0) is 28.2. The van der Waals surface area contributed by atoms with E-state index in [1.165, 1.54) is 18.2 Å². The second-order valence-corrected chi connectivity index (χ2v) is 10.6. The number of carboxylic acids is 1. The summed E-state index contributed by atoms with van der Waals surface area (Å²) in [4.78, 5) is 30.0. The molecule has 2 N–H and O–H groups in total. The van der Waals surface area contributed by atoms with Crippen molar-refractivity contribution in [1.29, 1.82) is 0 Å². The molecule has 2 fully saturated rings. The maximum atomic E-state index is 14.0. The van der Waals surface area contributed by atoms with Crippen molar-refractivity contribution in [3.8, 4) is 5.75 Å². The van der Waals surface area contributed by atoms with Crippen LogP contribution >= 0.6 is 11.6 Å². The van der Waals surface area contributed by atoms with E-state index in [2.05, 4.69) is 15.2 Å². The zero-order valence-electron chi connectivity index (χ0n) is 22.0. The smallest absolute Gasteiger partial charge is 0.387 e. The lowest BCUT2D eigenvalue weighted by Gasteiger charge is -2.43. The van der Waals surface area contributed by atoms with Crippen LogP contribution in [0.3, 0.4) is 0 Å². The maximum Gasteiger partial charge on any atom is 0.387 e. The van der Waals surface area contributed by atoms with Crippen molar-refractivity contribution < 1.29 is 33.0 Å². The van der Waals surface area contributed by atoms with Crippen LogP contribution in [0.2, 0.25) is 5.02 Å². The summed E-state index contributed by atoms with van der Waals surface area (Å²) < 4.78 is 37.8. The average Bonchev–Trinajstić information content (AvgIpc) is 3.40. The lowest BCUT2D eigenvalue weighted by atomic mass is 9.85. The van der Waals surface area contributed by atoms with Gasteiger partial charge in [0.15, 0.2) is 5.75 Å². The Morgan fingerprint density at radius 3 is 2.49 bits per heavy atom. The predicted octanol–water partition coefficient (Wildman–Crippen LogP) is 3.48. The number of aliphatic carboxylic acids is 1. The number of aromatic nitrogens is 2. The SMILES string of the molecule is CC(C)c1ccnn1C1(C(=O)Nc2ccc(Cl)cc2OC(F)F)CCN(CC(C(=O)O)N2CCOCC2)CC1. The number of nitrogens with zero attached hydrogens (tertiary/aromatic N) is 4. The molecule has 214 valence electrons. The van der Waals surface area contributed by atoms with E-state index >= 15 is 0 Å². The third-order valence-electron chi connectivity index (χ3n) is 7.39. The summed E-state index contributed by atoms with van der Waals surface area (Å²) >= 11 is 5.98. The number of anilines is 1. The third kappa shape index (κ3) is 6.68. The first-order chi connectivity index (χ1) is 18.6. The number of carbonyl (C=O) groups is 2. The van der Waals surface area contributed by atoms with Gasteiger partial charge in [0.1, 0.15) is 11.6 Å². The Morgan fingerprint density at radius 2 is 1.87 bits per heavy atom. The molecule has 4 rings (SSSR count). The van der Waals surface area contributed by atoms with Crippen LogP contribution in [0.25, 0.3) is 0 Å². The highest BCUT2D eigenvalue weighted by Gasteiger charge is 2.46. The summed E-state index contributed by atoms with van der Waals surface area (Å²) in [5.74, 6) is -1.48. The molecule has 13 heteroatoms. The number of halogens is 3. The Hall–Kier alpha value is -2.80. The van der Waals surface area contributed by atoms with Gasteiger partial charge >= 0.3 is 12.6 Å². The van der Waals surface area contributed by atoms with Crippen molar-refractivity contribution in [2.45, 2.75) is 50.8 Å². The number of rotatable bonds is 10. The Kier molecular flexibility index (Phi) is 9.42. The monoisotopic (exact) mass is 569 g/mol. The summed E-state index contributed by atoms with van der Waals surface area (Å²) in [5, 5.41) is 17.4. The number of ether oxygens (including phenoxy) is 2. The molecule has 0 bridgehead atoms. The summed E-state index contributed by atoms with van der Waals surface area (Å²) in [6.45, 7) is 4.19. The Labute approximate surface area is 230 Å². The van der Waals surface area contributed by atoms with E-state index in [1.807, 2.05) is 29.7 Å². The molecule has 0 aliphatic carbocycles. The van der Waals surface area contributed by atoms with Crippen LogP contribution in [0.1, 0.15) is 38.3 Å². The van der Waals surface area contributed by atoms with Gasteiger partial charge < -0.3 is 24.8 Å². The van der Waals surface area contributed by atoms with Gasteiger partial charge in [-0.1, -0.05) is 25.4 Å². The number of nitrogens with one attached hydrogen (secondary N) is 1. The van der Waals surface area contributed by atoms with Gasteiger partial charge in [0.05, 0.1) is 18.9 Å². The van der Waals surface area contributed by atoms with Crippen LogP contribution in [0.15, 0.2) is 30.5 Å². The topological polar surface area (TPSA) is 109 Å². The van der Waals surface area contributed by atoms with Crippen molar-refractivity contribution in [3.63, 3.8) is 0 Å². The molecule has 2 aliphatic heterocycles. The molecule has 1 unspecified atom stereocenters. The third-order valence-corrected chi connectivity index (χ3v) is 7.62. The Morgan fingerprint density at radius 1 is 1.18 bits per heavy atom. The van der Waals surface area contributed by atoms with Gasteiger partial charge in [-0.05, 0) is 37.0 Å². The van der Waals surface area contributed by atoms with Crippen molar-refractivity contribution >= 4 is 29.2 Å². The number of amides is 1. The summed E-state index contributed by atoms with van der Waals surface area (Å²) in [6, 6.07) is 5.31. The fourth-order valence-corrected chi connectivity index (χ4v) is 5.43. The number of hydrogen-bond acceptors (Lipinski definition) is 7. The van der Waals surface area contributed by atoms with Gasteiger partial charge in [-0.3, -0.25) is 19.2 Å². The van der Waals surface area contributed by atoms with Gasteiger partial charge in [-0.25, -0.2) is 0 Å². The first-order valence-corrected chi connectivity index (χ1v) is 13.4. The highest BCUT2D eigenvalue weighted by molar-refractivity contribution is 6.30. The number of carboxylic acid groups (broad SMARTS) is 1. The van der Waals surface area contributed by atoms with Crippen LogP contribution in [0.5, 0.6) is 5.75 Å². The van der Waals surface area contributed by atoms with Gasteiger partial charge in [0.2, 0.25) is 0 Å². The zero-order valence-corrected chi connectivity index (χ0v) is 22.7. The molecule has 0 spiro atoms. The molecule has 1 amide bonds. The molecular formula is C26H34ClF2N5O5. The highest BCUT2D eigenvalue weighted by atomic mass is 35.5. The molecule has 1 aromatic carbocycles. The molecule has 2 aliphatic rings. The summed E-state index contributed by atoms with van der Waals surface area (Å²) in [5.41, 5.74) is -0.197. The highest BCUT2D eigenvalue weighted by Crippen LogP contribution is 2.37. The average molecular weight is 570 g/mol. The molecule has 2 saturated heterocycles. The summed E-state index contributed by atoms with van der Waals surface area (Å²) in [7, 11) is 0. The van der Waals surface area contributed by atoms with E-state index in [-0.39, 0.29) is 22.4 Å². The normalized spacial score (nSPS) is 19.3. The van der Waals surface area contributed by atoms with E-state index in [4.69, 9.17) is 16.3 Å². The largest absolute Gasteiger partial charge is 0.480 e. The molecule has 1 atom stereocenters. The van der Waals surface area contributed by atoms with E-state index in [9.17, 15) is 23.5 Å². The number of benzene rings is 1. The molecule has 0 saturated carbocycles. The molecular weight excluding hydrogens is 536 g/mol. The van der Waals surface area contributed by atoms with E-state index in [1.54, 1.807) is 10.9 Å². The lowest BCUT2D eigenvalue weighted by Crippen LogP contribution is -2.57. The van der Waals surface area contributed by atoms with Gasteiger partial charge in [0, 0.05) is 55.7 Å². The van der Waals surface area contributed by atoms with Gasteiger partial charge in [-0.15, -0.1) is 0 Å². The minimum Gasteiger partial charge on any atom is -0.480 e. The van der Waals surface area contributed by atoms with Gasteiger partial charge in [0.25, 0.3) is 5.91 Å². The van der Waals surface area contributed by atoms with Crippen LogP contribution in [-0.4, -0.2) is 95.2 Å². The molecule has 2 aromatic rings. The molecule has 39 heavy (non-hydrogen) atoms. The van der Waals surface area contributed by atoms with E-state index in [0.717, 1.165) is 5.69 Å². The van der Waals surface area contributed by atoms with Crippen molar-refractivity contribution in [1.82, 2.24) is 19.6 Å². The van der Waals surface area contributed by atoms with Crippen LogP contribution < -0.4 is 10.1 Å². The van der Waals surface area contributed by atoms with E-state index < -0.39 is 30.1 Å². The number of carbonyl (C=O) groups excluding carboxylic acids is 1. The fourth-order valence-electron chi connectivity index (χ4n) is 5.26. The standard InChI is InChI=1S/C26H34ClF2N5O5/c1-17(2)20-5-8-30-34(20)26(24(37)31-19-4-3-18(27)15-22(19)39-25(28)29)6-9-32(10-7-26)16-21(23(35)36)33-11-13-38-14-12-33/h3-5,8,15,17,21,25H,6-7,9-14,16H2,1-2H3,(H,31,37)(H,35,36). The van der Waals surface area contributed by atoms with Crippen LogP contribution in [0, 0.1) is 0 Å². The Bertz CT molecular complexity index is 1150. The minimum absolute atomic E-state index is 0.0705. The fraction of sp³-hybridized carbons (Fsp3) is 0.577. The number of alkyl halides is 2. The molecule has 1 aromatic heterocycles. The predicted molar refractivity (Wildman–Crippen MR) is 140 cm³/mol. The lowest BCUT2D eigenvalue weighted by molar-refractivity contribution is -0.146. The van der Waals surface area contributed by atoms with E-state index in [0.29, 0.717) is 58.8 Å². The first kappa shape index (κ1) is 29.2. The second-order valence-electron chi connectivity index (χ2n) is 10.1. The van der Waals surface area contributed by atoms with Crippen LogP contribution in [0.4, 0.5) is 14.5 Å². The van der Waals surface area contributed by atoms with Crippen molar-refractivity contribution in [2.24, 2.45) is 0 Å². The number of hydrogen-bond donors (Lipinski definition) is 2.